The summed E-state index contributed by atoms with van der Waals surface area (Å²) in [5, 5.41) is 0. The maximum atomic E-state index is 5.59. The molecule has 0 aliphatic heterocycles. The normalized spacial score (nSPS) is 10.2. The zero-order chi connectivity index (χ0) is 9.52. The predicted molar refractivity (Wildman–Crippen MR) is 64.6 cm³/mol. The Balaban J connectivity index is 2.25. The van der Waals surface area contributed by atoms with Crippen molar-refractivity contribution in [2.75, 3.05) is 23.5 Å². The second-order valence-electron chi connectivity index (χ2n) is 2.76. The van der Waals surface area contributed by atoms with Crippen LogP contribution in [-0.2, 0) is 0 Å². The maximum absolute atomic E-state index is 5.59. The predicted octanol–water partition coefficient (Wildman–Crippen LogP) is 3.11. The fraction of sp³-hybridized carbons (Fsp3) is 0.400. The van der Waals surface area contributed by atoms with Crippen molar-refractivity contribution >= 4 is 29.2 Å². The highest BCUT2D eigenvalue weighted by Crippen LogP contribution is 2.20. The van der Waals surface area contributed by atoms with Crippen molar-refractivity contribution in [3.05, 3.63) is 24.3 Å². The summed E-state index contributed by atoms with van der Waals surface area (Å²) in [6.07, 6.45) is 3.42. The first kappa shape index (κ1) is 10.8. The van der Waals surface area contributed by atoms with Gasteiger partial charge in [-0.3, -0.25) is 0 Å². The average molecular weight is 213 g/mol. The maximum Gasteiger partial charge on any atom is 0.0314 e. The summed E-state index contributed by atoms with van der Waals surface area (Å²) in [5.41, 5.74) is 6.43. The topological polar surface area (TPSA) is 26.0 Å². The third kappa shape index (κ3) is 4.48. The van der Waals surface area contributed by atoms with E-state index < -0.39 is 0 Å². The second-order valence-corrected chi connectivity index (χ2v) is 4.92. The molecule has 0 radical (unpaired) electrons. The van der Waals surface area contributed by atoms with E-state index >= 15 is 0 Å². The van der Waals surface area contributed by atoms with Crippen LogP contribution in [0.3, 0.4) is 0 Å². The number of anilines is 1. The number of rotatable bonds is 5. The summed E-state index contributed by atoms with van der Waals surface area (Å²) < 4.78 is 0. The van der Waals surface area contributed by atoms with Crippen LogP contribution in [0.25, 0.3) is 0 Å². The van der Waals surface area contributed by atoms with Gasteiger partial charge in [0.05, 0.1) is 0 Å². The van der Waals surface area contributed by atoms with E-state index in [4.69, 9.17) is 5.73 Å². The van der Waals surface area contributed by atoms with E-state index in [1.807, 2.05) is 35.7 Å². The lowest BCUT2D eigenvalue weighted by Crippen LogP contribution is -1.85. The van der Waals surface area contributed by atoms with Crippen molar-refractivity contribution in [2.24, 2.45) is 0 Å². The highest BCUT2D eigenvalue weighted by molar-refractivity contribution is 7.99. The molecule has 0 atom stereocenters. The quantitative estimate of drug-likeness (QED) is 0.462. The monoisotopic (exact) mass is 213 g/mol. The van der Waals surface area contributed by atoms with Crippen LogP contribution in [0.5, 0.6) is 0 Å². The summed E-state index contributed by atoms with van der Waals surface area (Å²) in [6, 6.07) is 8.08. The lowest BCUT2D eigenvalue weighted by atomic mass is 10.3. The lowest BCUT2D eigenvalue weighted by molar-refractivity contribution is 1.12. The van der Waals surface area contributed by atoms with Gasteiger partial charge >= 0.3 is 0 Å². The van der Waals surface area contributed by atoms with Crippen molar-refractivity contribution in [3.63, 3.8) is 0 Å². The van der Waals surface area contributed by atoms with E-state index in [0.717, 1.165) is 5.69 Å². The molecule has 0 aliphatic rings. The Morgan fingerprint density at radius 1 is 1.15 bits per heavy atom. The highest BCUT2D eigenvalue weighted by atomic mass is 32.2. The van der Waals surface area contributed by atoms with Crippen molar-refractivity contribution < 1.29 is 0 Å². The van der Waals surface area contributed by atoms with E-state index in [1.54, 1.807) is 0 Å². The molecule has 72 valence electrons. The standard InChI is InChI=1S/C10H15NS2/c1-12-7-2-8-13-10-5-3-9(11)4-6-10/h3-6H,2,7-8,11H2,1H3. The van der Waals surface area contributed by atoms with Crippen molar-refractivity contribution in [1.82, 2.24) is 0 Å². The number of nitrogen functional groups attached to an aromatic ring is 1. The molecule has 0 saturated carbocycles. The molecule has 1 rings (SSSR count). The Morgan fingerprint density at radius 3 is 2.46 bits per heavy atom. The third-order valence-electron chi connectivity index (χ3n) is 1.64. The Kier molecular flexibility index (Phi) is 5.16. The molecule has 0 fully saturated rings. The molecule has 0 unspecified atom stereocenters. The Hall–Kier alpha value is -0.280. The van der Waals surface area contributed by atoms with E-state index in [1.165, 1.54) is 22.8 Å². The van der Waals surface area contributed by atoms with Gasteiger partial charge in [0.2, 0.25) is 0 Å². The molecule has 0 saturated heterocycles. The largest absolute Gasteiger partial charge is 0.399 e. The van der Waals surface area contributed by atoms with Gasteiger partial charge in [-0.25, -0.2) is 0 Å². The fourth-order valence-electron chi connectivity index (χ4n) is 0.957. The van der Waals surface area contributed by atoms with E-state index in [2.05, 4.69) is 18.4 Å². The molecule has 0 spiro atoms. The van der Waals surface area contributed by atoms with Crippen LogP contribution in [0.2, 0.25) is 0 Å². The molecule has 13 heavy (non-hydrogen) atoms. The average Bonchev–Trinajstić information content (AvgIpc) is 2.15. The summed E-state index contributed by atoms with van der Waals surface area (Å²) in [7, 11) is 0. The number of benzene rings is 1. The van der Waals surface area contributed by atoms with Gasteiger partial charge in [0.25, 0.3) is 0 Å². The van der Waals surface area contributed by atoms with Crippen LogP contribution in [0.15, 0.2) is 29.2 Å². The van der Waals surface area contributed by atoms with Gasteiger partial charge < -0.3 is 5.73 Å². The molecule has 0 bridgehead atoms. The van der Waals surface area contributed by atoms with Crippen LogP contribution in [0.1, 0.15) is 6.42 Å². The number of thioether (sulfide) groups is 2. The van der Waals surface area contributed by atoms with Crippen LogP contribution in [0.4, 0.5) is 5.69 Å². The number of nitrogens with two attached hydrogens (primary N) is 1. The molecular formula is C10H15NS2. The van der Waals surface area contributed by atoms with Gasteiger partial charge in [0.15, 0.2) is 0 Å². The summed E-state index contributed by atoms with van der Waals surface area (Å²) in [5.74, 6) is 2.45. The molecule has 0 amide bonds. The third-order valence-corrected chi connectivity index (χ3v) is 3.44. The molecular weight excluding hydrogens is 198 g/mol. The Labute approximate surface area is 88.5 Å². The fourth-order valence-corrected chi connectivity index (χ4v) is 2.43. The lowest BCUT2D eigenvalue weighted by Gasteiger charge is -2.00. The Bertz CT molecular complexity index is 233. The van der Waals surface area contributed by atoms with Crippen LogP contribution < -0.4 is 5.73 Å². The van der Waals surface area contributed by atoms with Crippen LogP contribution >= 0.6 is 23.5 Å². The van der Waals surface area contributed by atoms with Gasteiger partial charge in [0.1, 0.15) is 0 Å². The zero-order valence-corrected chi connectivity index (χ0v) is 9.46. The zero-order valence-electron chi connectivity index (χ0n) is 7.82. The van der Waals surface area contributed by atoms with Gasteiger partial charge in [-0.1, -0.05) is 0 Å². The first-order chi connectivity index (χ1) is 6.33. The molecule has 1 aromatic rings. The van der Waals surface area contributed by atoms with Crippen LogP contribution in [-0.4, -0.2) is 17.8 Å². The molecule has 0 heterocycles. The Morgan fingerprint density at radius 2 is 1.85 bits per heavy atom. The molecule has 3 heteroatoms. The number of hydrogen-bond donors (Lipinski definition) is 1. The minimum absolute atomic E-state index is 0.841. The molecule has 0 aliphatic carbocycles. The molecule has 1 aromatic carbocycles. The van der Waals surface area contributed by atoms with Crippen molar-refractivity contribution in [3.8, 4) is 0 Å². The minimum atomic E-state index is 0.841. The summed E-state index contributed by atoms with van der Waals surface area (Å²) in [6.45, 7) is 0. The second kappa shape index (κ2) is 6.22. The first-order valence-corrected chi connectivity index (χ1v) is 6.68. The molecule has 0 aromatic heterocycles. The smallest absolute Gasteiger partial charge is 0.0314 e. The van der Waals surface area contributed by atoms with Gasteiger partial charge in [0, 0.05) is 10.6 Å². The van der Waals surface area contributed by atoms with Crippen LogP contribution in [0, 0.1) is 0 Å². The van der Waals surface area contributed by atoms with Gasteiger partial charge in [-0.05, 0) is 48.4 Å². The van der Waals surface area contributed by atoms with Crippen molar-refractivity contribution in [2.45, 2.75) is 11.3 Å². The minimum Gasteiger partial charge on any atom is -0.399 e. The molecule has 1 nitrogen and oxygen atoms in total. The molecule has 2 N–H and O–H groups in total. The van der Waals surface area contributed by atoms with E-state index in [0.29, 0.717) is 0 Å². The van der Waals surface area contributed by atoms with E-state index in [9.17, 15) is 0 Å². The number of hydrogen-bond acceptors (Lipinski definition) is 3. The summed E-state index contributed by atoms with van der Waals surface area (Å²) >= 11 is 3.81. The van der Waals surface area contributed by atoms with Gasteiger partial charge in [-0.15, -0.1) is 11.8 Å². The van der Waals surface area contributed by atoms with Crippen molar-refractivity contribution in [1.29, 1.82) is 0 Å². The van der Waals surface area contributed by atoms with Gasteiger partial charge in [-0.2, -0.15) is 11.8 Å². The van der Waals surface area contributed by atoms with E-state index in [-0.39, 0.29) is 0 Å². The summed E-state index contributed by atoms with van der Waals surface area (Å²) in [4.78, 5) is 1.32. The SMILES string of the molecule is CSCCCSc1ccc(N)cc1. The highest BCUT2D eigenvalue weighted by Gasteiger charge is 1.93. The first-order valence-electron chi connectivity index (χ1n) is 4.30.